The average Bonchev–Trinajstić information content (AvgIpc) is 2.83. The Labute approximate surface area is 122 Å². The first-order chi connectivity index (χ1) is 9.72. The van der Waals surface area contributed by atoms with E-state index >= 15 is 0 Å². The molecule has 1 aromatic rings. The number of rotatable bonds is 4. The van der Waals surface area contributed by atoms with Crippen LogP contribution in [0.25, 0.3) is 0 Å². The lowest BCUT2D eigenvalue weighted by Crippen LogP contribution is -2.38. The highest BCUT2D eigenvalue weighted by molar-refractivity contribution is 5.39. The summed E-state index contributed by atoms with van der Waals surface area (Å²) in [5.41, 5.74) is 2.70. The van der Waals surface area contributed by atoms with Gasteiger partial charge in [-0.15, -0.1) is 0 Å². The summed E-state index contributed by atoms with van der Waals surface area (Å²) >= 11 is 0. The molecule has 1 atom stereocenters. The highest BCUT2D eigenvalue weighted by atomic mass is 16.3. The zero-order chi connectivity index (χ0) is 13.9. The van der Waals surface area contributed by atoms with Crippen molar-refractivity contribution in [1.29, 1.82) is 0 Å². The van der Waals surface area contributed by atoms with Crippen molar-refractivity contribution in [2.45, 2.75) is 38.6 Å². The van der Waals surface area contributed by atoms with Gasteiger partial charge in [0.05, 0.1) is 0 Å². The zero-order valence-electron chi connectivity index (χ0n) is 12.4. The van der Waals surface area contributed by atoms with Crippen LogP contribution < -0.4 is 5.32 Å². The maximum atomic E-state index is 9.52. The molecule has 2 aliphatic rings. The van der Waals surface area contributed by atoms with E-state index in [-0.39, 0.29) is 0 Å². The lowest BCUT2D eigenvalue weighted by Gasteiger charge is -2.30. The van der Waals surface area contributed by atoms with Crippen LogP contribution in [0, 0.1) is 5.92 Å². The normalized spacial score (nSPS) is 23.9. The second kappa shape index (κ2) is 6.15. The van der Waals surface area contributed by atoms with Crippen molar-refractivity contribution >= 4 is 0 Å². The van der Waals surface area contributed by atoms with E-state index in [9.17, 15) is 5.11 Å². The molecular formula is C17H26N2O. The molecule has 0 aromatic heterocycles. The van der Waals surface area contributed by atoms with Gasteiger partial charge in [-0.1, -0.05) is 13.0 Å². The van der Waals surface area contributed by atoms with Crippen LogP contribution in [0.1, 0.15) is 43.4 Å². The Kier molecular flexibility index (Phi) is 4.27. The van der Waals surface area contributed by atoms with Crippen molar-refractivity contribution in [1.82, 2.24) is 10.2 Å². The fourth-order valence-corrected chi connectivity index (χ4v) is 3.50. The Morgan fingerprint density at radius 1 is 1.25 bits per heavy atom. The summed E-state index contributed by atoms with van der Waals surface area (Å²) in [4.78, 5) is 2.58. The van der Waals surface area contributed by atoms with Crippen molar-refractivity contribution < 1.29 is 5.11 Å². The molecule has 1 aromatic carbocycles. The number of phenols is 1. The fourth-order valence-electron chi connectivity index (χ4n) is 3.50. The minimum absolute atomic E-state index is 0.395. The van der Waals surface area contributed by atoms with E-state index in [4.69, 9.17) is 0 Å². The minimum atomic E-state index is 0.395. The molecule has 0 saturated carbocycles. The topological polar surface area (TPSA) is 35.5 Å². The van der Waals surface area contributed by atoms with E-state index in [2.05, 4.69) is 23.2 Å². The summed E-state index contributed by atoms with van der Waals surface area (Å²) in [6.45, 7) is 7.12. The molecule has 2 N–H and O–H groups in total. The Morgan fingerprint density at radius 2 is 2.05 bits per heavy atom. The molecule has 0 spiro atoms. The molecule has 3 rings (SSSR count). The molecule has 1 aliphatic heterocycles. The largest absolute Gasteiger partial charge is 0.508 e. The van der Waals surface area contributed by atoms with Gasteiger partial charge in [-0.2, -0.15) is 0 Å². The van der Waals surface area contributed by atoms with Crippen LogP contribution in [0.3, 0.4) is 0 Å². The SMILES string of the molecule is CC1CCN(CCNC2CCc3cc(O)ccc32)CC1. The molecule has 1 heterocycles. The van der Waals surface area contributed by atoms with Gasteiger partial charge in [-0.3, -0.25) is 0 Å². The molecule has 3 heteroatoms. The number of piperidine rings is 1. The summed E-state index contributed by atoms with van der Waals surface area (Å²) in [6.07, 6.45) is 4.95. The van der Waals surface area contributed by atoms with E-state index < -0.39 is 0 Å². The molecule has 20 heavy (non-hydrogen) atoms. The molecule has 1 fully saturated rings. The van der Waals surface area contributed by atoms with Crippen LogP contribution in [0.4, 0.5) is 0 Å². The number of hydrogen-bond acceptors (Lipinski definition) is 3. The third-order valence-corrected chi connectivity index (χ3v) is 4.90. The fraction of sp³-hybridized carbons (Fsp3) is 0.647. The number of nitrogens with one attached hydrogen (secondary N) is 1. The van der Waals surface area contributed by atoms with Crippen LogP contribution >= 0.6 is 0 Å². The first-order valence-electron chi connectivity index (χ1n) is 8.00. The van der Waals surface area contributed by atoms with E-state index in [0.29, 0.717) is 11.8 Å². The number of likely N-dealkylation sites (tertiary alicyclic amines) is 1. The van der Waals surface area contributed by atoms with E-state index in [0.717, 1.165) is 31.8 Å². The van der Waals surface area contributed by atoms with Crippen LogP contribution in [-0.2, 0) is 6.42 Å². The molecule has 0 bridgehead atoms. The predicted molar refractivity (Wildman–Crippen MR) is 82.0 cm³/mol. The lowest BCUT2D eigenvalue weighted by molar-refractivity contribution is 0.191. The second-order valence-corrected chi connectivity index (χ2v) is 6.45. The van der Waals surface area contributed by atoms with Crippen molar-refractivity contribution in [3.63, 3.8) is 0 Å². The quantitative estimate of drug-likeness (QED) is 0.886. The van der Waals surface area contributed by atoms with Gasteiger partial charge < -0.3 is 15.3 Å². The van der Waals surface area contributed by atoms with Gasteiger partial charge in [0.1, 0.15) is 5.75 Å². The van der Waals surface area contributed by atoms with Gasteiger partial charge in [0.2, 0.25) is 0 Å². The lowest BCUT2D eigenvalue weighted by atomic mass is 9.99. The Balaban J connectivity index is 1.46. The minimum Gasteiger partial charge on any atom is -0.508 e. The third-order valence-electron chi connectivity index (χ3n) is 4.90. The molecule has 3 nitrogen and oxygen atoms in total. The van der Waals surface area contributed by atoms with Gasteiger partial charge in [0, 0.05) is 19.1 Å². The van der Waals surface area contributed by atoms with E-state index in [1.807, 2.05) is 12.1 Å². The van der Waals surface area contributed by atoms with E-state index in [1.54, 1.807) is 0 Å². The maximum Gasteiger partial charge on any atom is 0.115 e. The van der Waals surface area contributed by atoms with Gasteiger partial charge in [0.25, 0.3) is 0 Å². The standard InChI is InChI=1S/C17H26N2O/c1-13-6-9-19(10-7-13)11-8-18-17-5-2-14-12-15(20)3-4-16(14)17/h3-4,12-13,17-18,20H,2,5-11H2,1H3. The smallest absolute Gasteiger partial charge is 0.115 e. The van der Waals surface area contributed by atoms with Crippen molar-refractivity contribution in [3.05, 3.63) is 29.3 Å². The predicted octanol–water partition coefficient (Wildman–Crippen LogP) is 2.70. The number of hydrogen-bond donors (Lipinski definition) is 2. The molecular weight excluding hydrogens is 248 g/mol. The maximum absolute atomic E-state index is 9.52. The number of nitrogens with zero attached hydrogens (tertiary/aromatic N) is 1. The number of aromatic hydroxyl groups is 1. The zero-order valence-corrected chi connectivity index (χ0v) is 12.4. The summed E-state index contributed by atoms with van der Waals surface area (Å²) in [7, 11) is 0. The summed E-state index contributed by atoms with van der Waals surface area (Å²) < 4.78 is 0. The van der Waals surface area contributed by atoms with E-state index in [1.165, 1.54) is 37.1 Å². The summed E-state index contributed by atoms with van der Waals surface area (Å²) in [5.74, 6) is 1.31. The molecule has 1 saturated heterocycles. The van der Waals surface area contributed by atoms with Gasteiger partial charge in [-0.05, 0) is 68.0 Å². The first-order valence-corrected chi connectivity index (χ1v) is 8.00. The summed E-state index contributed by atoms with van der Waals surface area (Å²) in [5, 5.41) is 13.2. The van der Waals surface area contributed by atoms with Crippen LogP contribution in [0.5, 0.6) is 5.75 Å². The molecule has 1 unspecified atom stereocenters. The van der Waals surface area contributed by atoms with Crippen LogP contribution in [-0.4, -0.2) is 36.2 Å². The molecule has 110 valence electrons. The Morgan fingerprint density at radius 3 is 2.85 bits per heavy atom. The molecule has 0 radical (unpaired) electrons. The number of benzene rings is 1. The number of aryl methyl sites for hydroxylation is 1. The molecule has 1 aliphatic carbocycles. The first kappa shape index (κ1) is 13.9. The third kappa shape index (κ3) is 3.15. The van der Waals surface area contributed by atoms with Crippen LogP contribution in [0.2, 0.25) is 0 Å². The Bertz CT molecular complexity index is 452. The average molecular weight is 274 g/mol. The number of phenolic OH excluding ortho intramolecular Hbond substituents is 1. The summed E-state index contributed by atoms with van der Waals surface area (Å²) in [6, 6.07) is 6.29. The van der Waals surface area contributed by atoms with Crippen molar-refractivity contribution in [2.75, 3.05) is 26.2 Å². The van der Waals surface area contributed by atoms with Crippen molar-refractivity contribution in [3.8, 4) is 5.75 Å². The van der Waals surface area contributed by atoms with Crippen LogP contribution in [0.15, 0.2) is 18.2 Å². The second-order valence-electron chi connectivity index (χ2n) is 6.45. The molecule has 0 amide bonds. The van der Waals surface area contributed by atoms with Gasteiger partial charge in [-0.25, -0.2) is 0 Å². The number of fused-ring (bicyclic) bond motifs is 1. The van der Waals surface area contributed by atoms with Gasteiger partial charge >= 0.3 is 0 Å². The monoisotopic (exact) mass is 274 g/mol. The van der Waals surface area contributed by atoms with Crippen molar-refractivity contribution in [2.24, 2.45) is 5.92 Å². The Hall–Kier alpha value is -1.06. The highest BCUT2D eigenvalue weighted by Gasteiger charge is 2.22. The van der Waals surface area contributed by atoms with Gasteiger partial charge in [0.15, 0.2) is 0 Å². The highest BCUT2D eigenvalue weighted by Crippen LogP contribution is 2.33.